The van der Waals surface area contributed by atoms with E-state index in [1.165, 1.54) is 0 Å². The number of methoxy groups -OCH3 is 2. The lowest BCUT2D eigenvalue weighted by Crippen LogP contribution is -2.24. The molecule has 1 aromatic carbocycles. The van der Waals surface area contributed by atoms with Crippen LogP contribution in [0.4, 0.5) is 0 Å². The topological polar surface area (TPSA) is 35.5 Å². The van der Waals surface area contributed by atoms with E-state index in [1.54, 1.807) is 26.4 Å². The fourth-order valence-electron chi connectivity index (χ4n) is 2.74. The average Bonchev–Trinajstić information content (AvgIpc) is 2.85. The third kappa shape index (κ3) is 2.57. The summed E-state index contributed by atoms with van der Waals surface area (Å²) in [5, 5.41) is 0.427. The van der Waals surface area contributed by atoms with Crippen LogP contribution in [0, 0.1) is 5.41 Å². The minimum Gasteiger partial charge on any atom is -0.493 e. The van der Waals surface area contributed by atoms with Crippen molar-refractivity contribution in [1.82, 2.24) is 0 Å². The van der Waals surface area contributed by atoms with Gasteiger partial charge in [-0.15, -0.1) is 0 Å². The van der Waals surface area contributed by atoms with E-state index in [0.717, 1.165) is 25.7 Å². The Balaban J connectivity index is 2.42. The van der Waals surface area contributed by atoms with Crippen molar-refractivity contribution in [2.75, 3.05) is 14.2 Å². The summed E-state index contributed by atoms with van der Waals surface area (Å²) in [6.45, 7) is 2.02. The van der Waals surface area contributed by atoms with Gasteiger partial charge in [-0.05, 0) is 18.9 Å². The molecule has 104 valence electrons. The monoisotopic (exact) mass is 282 g/mol. The van der Waals surface area contributed by atoms with Crippen LogP contribution >= 0.6 is 11.6 Å². The van der Waals surface area contributed by atoms with E-state index in [-0.39, 0.29) is 11.2 Å². The summed E-state index contributed by atoms with van der Waals surface area (Å²) >= 11 is 6.22. The van der Waals surface area contributed by atoms with Crippen LogP contribution in [-0.2, 0) is 0 Å². The molecule has 4 heteroatoms. The van der Waals surface area contributed by atoms with Crippen LogP contribution in [0.15, 0.2) is 12.1 Å². The predicted molar refractivity (Wildman–Crippen MR) is 75.5 cm³/mol. The van der Waals surface area contributed by atoms with E-state index >= 15 is 0 Å². The van der Waals surface area contributed by atoms with Gasteiger partial charge in [0, 0.05) is 17.0 Å². The molecule has 1 fully saturated rings. The van der Waals surface area contributed by atoms with Gasteiger partial charge in [0.05, 0.1) is 19.2 Å². The van der Waals surface area contributed by atoms with Crippen LogP contribution < -0.4 is 9.47 Å². The van der Waals surface area contributed by atoms with Gasteiger partial charge in [-0.3, -0.25) is 4.79 Å². The van der Waals surface area contributed by atoms with E-state index in [4.69, 9.17) is 21.1 Å². The Bertz CT molecular complexity index is 490. The lowest BCUT2D eigenvalue weighted by atomic mass is 9.81. The van der Waals surface area contributed by atoms with Crippen LogP contribution in [-0.4, -0.2) is 20.0 Å². The lowest BCUT2D eigenvalue weighted by molar-refractivity contribution is 0.0823. The summed E-state index contributed by atoms with van der Waals surface area (Å²) in [6, 6.07) is 3.33. The molecule has 0 aliphatic heterocycles. The molecule has 19 heavy (non-hydrogen) atoms. The van der Waals surface area contributed by atoms with Crippen LogP contribution in [0.1, 0.15) is 43.0 Å². The maximum atomic E-state index is 12.7. The summed E-state index contributed by atoms with van der Waals surface area (Å²) in [5.41, 5.74) is 0.243. The minimum absolute atomic E-state index is 0.107. The molecule has 1 aromatic rings. The minimum atomic E-state index is -0.288. The number of halogens is 1. The van der Waals surface area contributed by atoms with Crippen molar-refractivity contribution >= 4 is 17.4 Å². The maximum Gasteiger partial charge on any atom is 0.170 e. The summed E-state index contributed by atoms with van der Waals surface area (Å²) in [6.07, 6.45) is 4.06. The fraction of sp³-hybridized carbons (Fsp3) is 0.533. The summed E-state index contributed by atoms with van der Waals surface area (Å²) in [5.74, 6) is 1.19. The van der Waals surface area contributed by atoms with Gasteiger partial charge in [0.15, 0.2) is 17.3 Å². The zero-order valence-corrected chi connectivity index (χ0v) is 12.3. The molecule has 1 saturated carbocycles. The van der Waals surface area contributed by atoms with Crippen molar-refractivity contribution in [2.24, 2.45) is 5.41 Å². The van der Waals surface area contributed by atoms with Crippen molar-refractivity contribution in [2.45, 2.75) is 32.6 Å². The highest BCUT2D eigenvalue weighted by Crippen LogP contribution is 2.43. The van der Waals surface area contributed by atoms with Crippen LogP contribution in [0.25, 0.3) is 0 Å². The first-order valence-corrected chi connectivity index (χ1v) is 6.86. The highest BCUT2D eigenvalue weighted by Gasteiger charge is 2.37. The third-order valence-corrected chi connectivity index (χ3v) is 4.29. The Morgan fingerprint density at radius 3 is 2.21 bits per heavy atom. The van der Waals surface area contributed by atoms with Crippen molar-refractivity contribution in [3.63, 3.8) is 0 Å². The number of carbonyl (C=O) groups excluding carboxylic acids is 1. The molecular weight excluding hydrogens is 264 g/mol. The van der Waals surface area contributed by atoms with Gasteiger partial charge in [0.2, 0.25) is 0 Å². The Hall–Kier alpha value is -1.22. The first-order valence-electron chi connectivity index (χ1n) is 6.48. The molecule has 0 bridgehead atoms. The fourth-order valence-corrected chi connectivity index (χ4v) is 2.98. The van der Waals surface area contributed by atoms with Crippen LogP contribution in [0.2, 0.25) is 5.02 Å². The summed E-state index contributed by atoms with van der Waals surface area (Å²) in [4.78, 5) is 12.7. The molecule has 1 aliphatic carbocycles. The first kappa shape index (κ1) is 14.2. The molecule has 0 N–H and O–H groups in total. The molecule has 0 atom stereocenters. The molecule has 1 aliphatic rings. The zero-order chi connectivity index (χ0) is 14.0. The Morgan fingerprint density at radius 1 is 1.16 bits per heavy atom. The van der Waals surface area contributed by atoms with Gasteiger partial charge >= 0.3 is 0 Å². The first-order chi connectivity index (χ1) is 9.01. The number of hydrogen-bond donors (Lipinski definition) is 0. The number of Topliss-reactive ketones (excluding diaryl/α,β-unsaturated/α-hetero) is 1. The van der Waals surface area contributed by atoms with Crippen molar-refractivity contribution < 1.29 is 14.3 Å². The number of carbonyl (C=O) groups is 1. The van der Waals surface area contributed by atoms with Gasteiger partial charge in [0.25, 0.3) is 0 Å². The quantitative estimate of drug-likeness (QED) is 0.779. The van der Waals surface area contributed by atoms with Crippen LogP contribution in [0.5, 0.6) is 11.5 Å². The predicted octanol–water partition coefficient (Wildman–Crippen LogP) is 4.12. The SMILES string of the molecule is COc1cc(Cl)c(C(=O)C2(C)CCCC2)cc1OC. The van der Waals surface area contributed by atoms with Gasteiger partial charge in [-0.25, -0.2) is 0 Å². The molecule has 0 spiro atoms. The number of ketones is 1. The molecule has 0 saturated heterocycles. The molecule has 3 nitrogen and oxygen atoms in total. The van der Waals surface area contributed by atoms with Crippen molar-refractivity contribution in [3.8, 4) is 11.5 Å². The Morgan fingerprint density at radius 2 is 1.68 bits per heavy atom. The molecule has 0 amide bonds. The lowest BCUT2D eigenvalue weighted by Gasteiger charge is -2.23. The van der Waals surface area contributed by atoms with Crippen LogP contribution in [0.3, 0.4) is 0 Å². The third-order valence-electron chi connectivity index (χ3n) is 3.97. The summed E-state index contributed by atoms with van der Waals surface area (Å²) < 4.78 is 10.4. The number of ether oxygens (including phenoxy) is 2. The average molecular weight is 283 g/mol. The van der Waals surface area contributed by atoms with E-state index in [0.29, 0.717) is 22.1 Å². The second-order valence-corrected chi connectivity index (χ2v) is 5.69. The maximum absolute atomic E-state index is 12.7. The second-order valence-electron chi connectivity index (χ2n) is 5.28. The van der Waals surface area contributed by atoms with E-state index < -0.39 is 0 Å². The van der Waals surface area contributed by atoms with Crippen molar-refractivity contribution in [3.05, 3.63) is 22.7 Å². The smallest absolute Gasteiger partial charge is 0.170 e. The highest BCUT2D eigenvalue weighted by molar-refractivity contribution is 6.34. The Labute approximate surface area is 118 Å². The Kier molecular flexibility index (Phi) is 4.04. The van der Waals surface area contributed by atoms with Gasteiger partial charge in [-0.2, -0.15) is 0 Å². The molecule has 0 heterocycles. The summed E-state index contributed by atoms with van der Waals surface area (Å²) in [7, 11) is 3.10. The van der Waals surface area contributed by atoms with Gasteiger partial charge in [0.1, 0.15) is 0 Å². The van der Waals surface area contributed by atoms with Gasteiger partial charge in [-0.1, -0.05) is 31.4 Å². The molecule has 0 radical (unpaired) electrons. The number of benzene rings is 1. The molecule has 0 unspecified atom stereocenters. The molecular formula is C15H19ClO3. The normalized spacial score (nSPS) is 17.3. The second kappa shape index (κ2) is 5.41. The zero-order valence-electron chi connectivity index (χ0n) is 11.6. The van der Waals surface area contributed by atoms with E-state index in [2.05, 4.69) is 0 Å². The van der Waals surface area contributed by atoms with E-state index in [1.807, 2.05) is 6.92 Å². The highest BCUT2D eigenvalue weighted by atomic mass is 35.5. The van der Waals surface area contributed by atoms with Crippen molar-refractivity contribution in [1.29, 1.82) is 0 Å². The largest absolute Gasteiger partial charge is 0.493 e. The standard InChI is InChI=1S/C15H19ClO3/c1-15(6-4-5-7-15)14(17)10-8-12(18-2)13(19-3)9-11(10)16/h8-9H,4-7H2,1-3H3. The molecule has 0 aromatic heterocycles. The van der Waals surface area contributed by atoms with E-state index in [9.17, 15) is 4.79 Å². The number of hydrogen-bond acceptors (Lipinski definition) is 3. The number of rotatable bonds is 4. The van der Waals surface area contributed by atoms with Gasteiger partial charge < -0.3 is 9.47 Å². The molecule has 2 rings (SSSR count).